The highest BCUT2D eigenvalue weighted by molar-refractivity contribution is 9.10. The first-order valence-corrected chi connectivity index (χ1v) is 12.1. The Morgan fingerprint density at radius 3 is 2.15 bits per heavy atom. The van der Waals surface area contributed by atoms with E-state index in [4.69, 9.17) is 4.74 Å². The number of halogens is 2. The smallest absolute Gasteiger partial charge is 0.178 e. The second-order valence-corrected chi connectivity index (χ2v) is 9.59. The van der Waals surface area contributed by atoms with E-state index in [0.29, 0.717) is 0 Å². The van der Waals surface area contributed by atoms with Crippen LogP contribution in [0, 0.1) is 5.82 Å². The Labute approximate surface area is 201 Å². The second kappa shape index (κ2) is 8.03. The molecule has 0 bridgehead atoms. The molecule has 0 aromatic heterocycles. The molecule has 1 unspecified atom stereocenters. The predicted octanol–water partition coefficient (Wildman–Crippen LogP) is 7.69. The fraction of sp³-hybridized carbons (Fsp3) is 0.172. The Hall–Kier alpha value is -3.11. The van der Waals surface area contributed by atoms with Crippen molar-refractivity contribution in [1.82, 2.24) is 0 Å². The molecule has 4 aromatic carbocycles. The van der Waals surface area contributed by atoms with Crippen LogP contribution < -0.4 is 9.64 Å². The van der Waals surface area contributed by atoms with Gasteiger partial charge in [-0.2, -0.15) is 0 Å². The number of benzene rings is 4. The van der Waals surface area contributed by atoms with Gasteiger partial charge >= 0.3 is 0 Å². The van der Waals surface area contributed by atoms with Gasteiger partial charge in [0.05, 0.1) is 0 Å². The van der Waals surface area contributed by atoms with Crippen molar-refractivity contribution in [2.75, 3.05) is 18.0 Å². The van der Waals surface area contributed by atoms with Gasteiger partial charge in [0.15, 0.2) is 5.60 Å². The first kappa shape index (κ1) is 20.5. The third-order valence-corrected chi connectivity index (χ3v) is 7.45. The summed E-state index contributed by atoms with van der Waals surface area (Å²) < 4.78 is 21.6. The van der Waals surface area contributed by atoms with Crippen LogP contribution in [-0.2, 0) is 5.60 Å². The largest absolute Gasteiger partial charge is 0.473 e. The standard InChI is InChI=1S/C29H23BrFNO/c30-27-19-28-26(24-5-1-2-6-25(24)27)15-16-29(33-28,20-7-11-22(31)12-8-20)21-9-13-23(14-10-21)32-17-3-4-18-32/h1-2,5-16,19H,3-4,17-18H2. The van der Waals surface area contributed by atoms with Crippen molar-refractivity contribution < 1.29 is 9.13 Å². The molecule has 4 aromatic rings. The topological polar surface area (TPSA) is 12.5 Å². The average molecular weight is 500 g/mol. The van der Waals surface area contributed by atoms with Gasteiger partial charge < -0.3 is 9.64 Å². The van der Waals surface area contributed by atoms with Crippen LogP contribution in [0.25, 0.3) is 16.8 Å². The first-order chi connectivity index (χ1) is 16.1. The van der Waals surface area contributed by atoms with Gasteiger partial charge in [0.25, 0.3) is 0 Å². The van der Waals surface area contributed by atoms with Crippen molar-refractivity contribution in [2.45, 2.75) is 18.4 Å². The SMILES string of the molecule is Fc1ccc(C2(c3ccc(N4CCCC4)cc3)C=Cc3c(cc(Br)c4ccccc34)O2)cc1. The molecular weight excluding hydrogens is 477 g/mol. The first-order valence-electron chi connectivity index (χ1n) is 11.4. The normalized spacial score (nSPS) is 19.5. The van der Waals surface area contributed by atoms with Gasteiger partial charge in [-0.1, -0.05) is 64.5 Å². The maximum atomic E-state index is 13.8. The number of hydrogen-bond donors (Lipinski definition) is 0. The van der Waals surface area contributed by atoms with Crippen LogP contribution in [0.4, 0.5) is 10.1 Å². The molecule has 2 aliphatic heterocycles. The molecule has 0 spiro atoms. The minimum atomic E-state index is -0.841. The van der Waals surface area contributed by atoms with Crippen LogP contribution in [0.1, 0.15) is 29.5 Å². The quantitative estimate of drug-likeness (QED) is 0.286. The van der Waals surface area contributed by atoms with Crippen molar-refractivity contribution in [3.05, 3.63) is 112 Å². The Bertz CT molecular complexity index is 1360. The fourth-order valence-corrected chi connectivity index (χ4v) is 5.62. The highest BCUT2D eigenvalue weighted by Crippen LogP contribution is 2.46. The summed E-state index contributed by atoms with van der Waals surface area (Å²) in [5.74, 6) is 0.545. The van der Waals surface area contributed by atoms with Crippen LogP contribution in [0.15, 0.2) is 89.4 Å². The summed E-state index contributed by atoms with van der Waals surface area (Å²) in [6.07, 6.45) is 6.73. The molecule has 33 heavy (non-hydrogen) atoms. The van der Waals surface area contributed by atoms with Gasteiger partial charge in [-0.25, -0.2) is 4.39 Å². The summed E-state index contributed by atoms with van der Waals surface area (Å²) >= 11 is 3.72. The maximum absolute atomic E-state index is 13.8. The van der Waals surface area contributed by atoms with Crippen LogP contribution in [-0.4, -0.2) is 13.1 Å². The number of fused-ring (bicyclic) bond motifs is 3. The van der Waals surface area contributed by atoms with E-state index in [9.17, 15) is 4.39 Å². The van der Waals surface area contributed by atoms with Crippen LogP contribution in [0.5, 0.6) is 5.75 Å². The van der Waals surface area contributed by atoms with Gasteiger partial charge in [-0.3, -0.25) is 0 Å². The molecule has 2 aliphatic rings. The second-order valence-electron chi connectivity index (χ2n) is 8.73. The molecule has 0 radical (unpaired) electrons. The highest BCUT2D eigenvalue weighted by Gasteiger charge is 2.37. The predicted molar refractivity (Wildman–Crippen MR) is 136 cm³/mol. The molecule has 4 heteroatoms. The summed E-state index contributed by atoms with van der Waals surface area (Å²) in [6, 6.07) is 25.6. The number of anilines is 1. The zero-order valence-electron chi connectivity index (χ0n) is 18.1. The van der Waals surface area contributed by atoms with Gasteiger partial charge in [0, 0.05) is 39.9 Å². The van der Waals surface area contributed by atoms with E-state index in [1.807, 2.05) is 30.3 Å². The average Bonchev–Trinajstić information content (AvgIpc) is 3.40. The zero-order valence-corrected chi connectivity index (χ0v) is 19.7. The van der Waals surface area contributed by atoms with E-state index in [0.717, 1.165) is 50.8 Å². The highest BCUT2D eigenvalue weighted by atomic mass is 79.9. The van der Waals surface area contributed by atoms with Crippen molar-refractivity contribution in [3.8, 4) is 5.75 Å². The molecule has 2 heterocycles. The van der Waals surface area contributed by atoms with Gasteiger partial charge in [0.1, 0.15) is 11.6 Å². The van der Waals surface area contributed by atoms with Crippen molar-refractivity contribution in [3.63, 3.8) is 0 Å². The van der Waals surface area contributed by atoms with E-state index in [1.54, 1.807) is 0 Å². The Morgan fingerprint density at radius 1 is 0.818 bits per heavy atom. The summed E-state index contributed by atoms with van der Waals surface area (Å²) in [5, 5.41) is 2.28. The Morgan fingerprint density at radius 2 is 1.45 bits per heavy atom. The lowest BCUT2D eigenvalue weighted by Gasteiger charge is -2.37. The monoisotopic (exact) mass is 499 g/mol. The summed E-state index contributed by atoms with van der Waals surface area (Å²) in [4.78, 5) is 2.42. The molecule has 0 amide bonds. The van der Waals surface area contributed by atoms with E-state index in [1.165, 1.54) is 30.7 Å². The molecule has 0 aliphatic carbocycles. The minimum Gasteiger partial charge on any atom is -0.473 e. The number of nitrogens with zero attached hydrogens (tertiary/aromatic N) is 1. The Kier molecular flexibility index (Phi) is 4.99. The maximum Gasteiger partial charge on any atom is 0.178 e. The Balaban J connectivity index is 1.50. The van der Waals surface area contributed by atoms with Crippen molar-refractivity contribution in [2.24, 2.45) is 0 Å². The molecule has 1 fully saturated rings. The molecule has 1 saturated heterocycles. The summed E-state index contributed by atoms with van der Waals surface area (Å²) in [5.41, 5.74) is 3.36. The minimum absolute atomic E-state index is 0.257. The van der Waals surface area contributed by atoms with Crippen LogP contribution in [0.2, 0.25) is 0 Å². The van der Waals surface area contributed by atoms with Gasteiger partial charge in [-0.15, -0.1) is 0 Å². The molecule has 164 valence electrons. The van der Waals surface area contributed by atoms with Crippen LogP contribution in [0.3, 0.4) is 0 Å². The van der Waals surface area contributed by atoms with Gasteiger partial charge in [0.2, 0.25) is 0 Å². The van der Waals surface area contributed by atoms with Crippen LogP contribution >= 0.6 is 15.9 Å². The summed E-state index contributed by atoms with van der Waals surface area (Å²) in [6.45, 7) is 2.21. The molecule has 6 rings (SSSR count). The summed E-state index contributed by atoms with van der Waals surface area (Å²) in [7, 11) is 0. The molecule has 0 N–H and O–H groups in total. The van der Waals surface area contributed by atoms with Crippen molar-refractivity contribution in [1.29, 1.82) is 0 Å². The lowest BCUT2D eigenvalue weighted by atomic mass is 9.83. The lowest BCUT2D eigenvalue weighted by Crippen LogP contribution is -2.34. The third kappa shape index (κ3) is 3.44. The van der Waals surface area contributed by atoms with E-state index >= 15 is 0 Å². The molecule has 1 atom stereocenters. The van der Waals surface area contributed by atoms with Crippen molar-refractivity contribution >= 4 is 38.5 Å². The fourth-order valence-electron chi connectivity index (χ4n) is 5.06. The lowest BCUT2D eigenvalue weighted by molar-refractivity contribution is 0.161. The van der Waals surface area contributed by atoms with E-state index in [2.05, 4.69) is 69.4 Å². The number of ether oxygens (including phenoxy) is 1. The molecule has 2 nitrogen and oxygen atoms in total. The van der Waals surface area contributed by atoms with E-state index in [-0.39, 0.29) is 5.82 Å². The van der Waals surface area contributed by atoms with E-state index < -0.39 is 5.60 Å². The third-order valence-electron chi connectivity index (χ3n) is 6.79. The number of rotatable bonds is 3. The number of hydrogen-bond acceptors (Lipinski definition) is 2. The molecule has 0 saturated carbocycles. The molecular formula is C29H23BrFNO. The van der Waals surface area contributed by atoms with Gasteiger partial charge in [-0.05, 0) is 66.1 Å². The zero-order chi connectivity index (χ0) is 22.4.